The van der Waals surface area contributed by atoms with Crippen LogP contribution in [-0.2, 0) is 10.0 Å². The first-order valence-electron chi connectivity index (χ1n) is 10.1. The molecular formula is C22H27FN6O2S. The molecule has 32 heavy (non-hydrogen) atoms. The third kappa shape index (κ3) is 5.00. The van der Waals surface area contributed by atoms with Crippen LogP contribution in [0.1, 0.15) is 12.0 Å². The number of hydrogen-bond donors (Lipinski definition) is 3. The molecule has 2 heterocycles. The highest BCUT2D eigenvalue weighted by Gasteiger charge is 2.31. The van der Waals surface area contributed by atoms with Crippen molar-refractivity contribution in [3.05, 3.63) is 66.1 Å². The van der Waals surface area contributed by atoms with Gasteiger partial charge in [-0.15, -0.1) is 0 Å². The van der Waals surface area contributed by atoms with Crippen LogP contribution in [-0.4, -0.2) is 42.3 Å². The van der Waals surface area contributed by atoms with Crippen molar-refractivity contribution in [3.63, 3.8) is 0 Å². The van der Waals surface area contributed by atoms with E-state index in [2.05, 4.69) is 21.7 Å². The SMILES string of the molecule is Cc1cc(-c2ccnc(-c3ccc(S(=O)(=O)N4CCC(CN)C4)cc3)n2)ccc1F.NN. The van der Waals surface area contributed by atoms with Gasteiger partial charge in [0, 0.05) is 30.4 Å². The van der Waals surface area contributed by atoms with Crippen molar-refractivity contribution in [2.45, 2.75) is 18.2 Å². The number of aryl methyl sites for hydroxylation is 1. The summed E-state index contributed by atoms with van der Waals surface area (Å²) in [7, 11) is -3.54. The maximum atomic E-state index is 13.6. The molecule has 4 rings (SSSR count). The van der Waals surface area contributed by atoms with Gasteiger partial charge in [0.25, 0.3) is 0 Å². The average Bonchev–Trinajstić information content (AvgIpc) is 3.33. The lowest BCUT2D eigenvalue weighted by Crippen LogP contribution is -2.30. The summed E-state index contributed by atoms with van der Waals surface area (Å²) in [5.41, 5.74) is 8.39. The fourth-order valence-electron chi connectivity index (χ4n) is 3.60. The van der Waals surface area contributed by atoms with Crippen LogP contribution in [0.3, 0.4) is 0 Å². The number of rotatable bonds is 5. The molecule has 1 aromatic heterocycles. The Morgan fingerprint density at radius 3 is 2.41 bits per heavy atom. The summed E-state index contributed by atoms with van der Waals surface area (Å²) in [6.07, 6.45) is 2.43. The molecule has 0 bridgehead atoms. The Morgan fingerprint density at radius 1 is 1.09 bits per heavy atom. The molecule has 1 fully saturated rings. The third-order valence-corrected chi connectivity index (χ3v) is 7.32. The predicted octanol–water partition coefficient (Wildman–Crippen LogP) is 2.05. The molecule has 0 spiro atoms. The van der Waals surface area contributed by atoms with E-state index < -0.39 is 10.0 Å². The fraction of sp³-hybridized carbons (Fsp3) is 0.273. The van der Waals surface area contributed by atoms with Crippen LogP contribution in [0.2, 0.25) is 0 Å². The molecule has 1 aliphatic rings. The van der Waals surface area contributed by atoms with Gasteiger partial charge in [0.15, 0.2) is 5.82 Å². The lowest BCUT2D eigenvalue weighted by atomic mass is 10.1. The van der Waals surface area contributed by atoms with Gasteiger partial charge in [0.05, 0.1) is 10.6 Å². The number of hydrazine groups is 1. The Morgan fingerprint density at radius 2 is 1.78 bits per heavy atom. The van der Waals surface area contributed by atoms with Gasteiger partial charge in [0.1, 0.15) is 5.82 Å². The zero-order valence-electron chi connectivity index (χ0n) is 17.8. The number of hydrogen-bond acceptors (Lipinski definition) is 7. The summed E-state index contributed by atoms with van der Waals surface area (Å²) < 4.78 is 40.8. The summed E-state index contributed by atoms with van der Waals surface area (Å²) in [6.45, 7) is 3.15. The fourth-order valence-corrected chi connectivity index (χ4v) is 5.13. The molecule has 1 aliphatic heterocycles. The number of sulfonamides is 1. The van der Waals surface area contributed by atoms with Crippen molar-refractivity contribution in [3.8, 4) is 22.6 Å². The third-order valence-electron chi connectivity index (χ3n) is 5.44. The van der Waals surface area contributed by atoms with Gasteiger partial charge in [-0.25, -0.2) is 22.8 Å². The van der Waals surface area contributed by atoms with Crippen LogP contribution < -0.4 is 17.4 Å². The molecule has 1 saturated heterocycles. The number of benzene rings is 2. The summed E-state index contributed by atoms with van der Waals surface area (Å²) in [5, 5.41) is 0. The van der Waals surface area contributed by atoms with Crippen LogP contribution in [0.5, 0.6) is 0 Å². The van der Waals surface area contributed by atoms with Gasteiger partial charge in [0.2, 0.25) is 10.0 Å². The van der Waals surface area contributed by atoms with E-state index in [9.17, 15) is 12.8 Å². The summed E-state index contributed by atoms with van der Waals surface area (Å²) in [6, 6.07) is 13.2. The average molecular weight is 459 g/mol. The molecule has 0 amide bonds. The first kappa shape index (κ1) is 23.9. The molecule has 10 heteroatoms. The van der Waals surface area contributed by atoms with Gasteiger partial charge in [-0.3, -0.25) is 11.7 Å². The molecular weight excluding hydrogens is 431 g/mol. The zero-order valence-corrected chi connectivity index (χ0v) is 18.6. The molecule has 6 N–H and O–H groups in total. The Labute approximate surface area is 187 Å². The maximum absolute atomic E-state index is 13.6. The van der Waals surface area contributed by atoms with E-state index in [0.717, 1.165) is 12.0 Å². The van der Waals surface area contributed by atoms with E-state index >= 15 is 0 Å². The van der Waals surface area contributed by atoms with Crippen LogP contribution in [0.4, 0.5) is 4.39 Å². The minimum absolute atomic E-state index is 0.213. The van der Waals surface area contributed by atoms with Crippen molar-refractivity contribution in [1.82, 2.24) is 14.3 Å². The molecule has 2 aromatic carbocycles. The van der Waals surface area contributed by atoms with Gasteiger partial charge in [-0.05, 0) is 79.9 Å². The highest BCUT2D eigenvalue weighted by Crippen LogP contribution is 2.27. The minimum Gasteiger partial charge on any atom is -0.330 e. The van der Waals surface area contributed by atoms with Gasteiger partial charge < -0.3 is 5.73 Å². The van der Waals surface area contributed by atoms with Crippen molar-refractivity contribution < 1.29 is 12.8 Å². The van der Waals surface area contributed by atoms with Crippen LogP contribution >= 0.6 is 0 Å². The summed E-state index contributed by atoms with van der Waals surface area (Å²) in [4.78, 5) is 9.12. The first-order chi connectivity index (χ1) is 15.4. The highest BCUT2D eigenvalue weighted by atomic mass is 32.2. The van der Waals surface area contributed by atoms with E-state index in [1.807, 2.05) is 0 Å². The molecule has 1 unspecified atom stereocenters. The quantitative estimate of drug-likeness (QED) is 0.392. The van der Waals surface area contributed by atoms with E-state index in [1.165, 1.54) is 10.4 Å². The van der Waals surface area contributed by atoms with Gasteiger partial charge >= 0.3 is 0 Å². The van der Waals surface area contributed by atoms with Crippen LogP contribution in [0.15, 0.2) is 59.6 Å². The second kappa shape index (κ2) is 10.2. The van der Waals surface area contributed by atoms with Crippen molar-refractivity contribution >= 4 is 10.0 Å². The van der Waals surface area contributed by atoms with Gasteiger partial charge in [-0.1, -0.05) is 0 Å². The molecule has 0 aliphatic carbocycles. The second-order valence-electron chi connectivity index (χ2n) is 7.51. The normalized spacial score (nSPS) is 16.5. The lowest BCUT2D eigenvalue weighted by Gasteiger charge is -2.16. The van der Waals surface area contributed by atoms with Crippen molar-refractivity contribution in [2.75, 3.05) is 19.6 Å². The Balaban J connectivity index is 0.00000141. The maximum Gasteiger partial charge on any atom is 0.243 e. The number of nitrogens with zero attached hydrogens (tertiary/aromatic N) is 3. The van der Waals surface area contributed by atoms with Crippen molar-refractivity contribution in [1.29, 1.82) is 0 Å². The predicted molar refractivity (Wildman–Crippen MR) is 122 cm³/mol. The standard InChI is InChI=1S/C22H23FN4O2S.H4N2/c1-15-12-18(4-7-20(15)23)21-8-10-25-22(26-21)17-2-5-19(6-3-17)30(28,29)27-11-9-16(13-24)14-27;1-2/h2-8,10,12,16H,9,11,13-14,24H2,1H3;1-2H2. The first-order valence-corrected chi connectivity index (χ1v) is 11.6. The monoisotopic (exact) mass is 458 g/mol. The van der Waals surface area contributed by atoms with E-state index in [1.54, 1.807) is 55.6 Å². The summed E-state index contributed by atoms with van der Waals surface area (Å²) >= 11 is 0. The van der Waals surface area contributed by atoms with E-state index in [4.69, 9.17) is 5.73 Å². The molecule has 1 atom stereocenters. The Hall–Kier alpha value is -2.76. The van der Waals surface area contributed by atoms with Crippen molar-refractivity contribution in [2.24, 2.45) is 23.3 Å². The van der Waals surface area contributed by atoms with Crippen LogP contribution in [0.25, 0.3) is 22.6 Å². The second-order valence-corrected chi connectivity index (χ2v) is 9.45. The Kier molecular flexibility index (Phi) is 7.64. The lowest BCUT2D eigenvalue weighted by molar-refractivity contribution is 0.459. The number of aromatic nitrogens is 2. The minimum atomic E-state index is -3.54. The van der Waals surface area contributed by atoms with E-state index in [-0.39, 0.29) is 16.6 Å². The molecule has 170 valence electrons. The summed E-state index contributed by atoms with van der Waals surface area (Å²) in [5.74, 6) is 8.42. The van der Waals surface area contributed by atoms with E-state index in [0.29, 0.717) is 42.3 Å². The molecule has 0 saturated carbocycles. The molecule has 8 nitrogen and oxygen atoms in total. The smallest absolute Gasteiger partial charge is 0.243 e. The molecule has 3 aromatic rings. The highest BCUT2D eigenvalue weighted by molar-refractivity contribution is 7.89. The topological polar surface area (TPSA) is 141 Å². The molecule has 0 radical (unpaired) electrons. The zero-order chi connectivity index (χ0) is 23.3. The Bertz CT molecular complexity index is 1170. The van der Waals surface area contributed by atoms with Crippen LogP contribution in [0, 0.1) is 18.7 Å². The van der Waals surface area contributed by atoms with Gasteiger partial charge in [-0.2, -0.15) is 4.31 Å². The largest absolute Gasteiger partial charge is 0.330 e. The number of nitrogens with two attached hydrogens (primary N) is 3. The number of halogens is 1.